The summed E-state index contributed by atoms with van der Waals surface area (Å²) in [6.07, 6.45) is 4.24. The zero-order valence-corrected chi connectivity index (χ0v) is 79.0. The summed E-state index contributed by atoms with van der Waals surface area (Å²) in [5.74, 6) is -1.75. The Morgan fingerprint density at radius 1 is 0.373 bits per heavy atom. The third-order valence-electron chi connectivity index (χ3n) is 26.2. The molecule has 8 aliphatic rings. The maximum atomic E-state index is 12.6. The molecule has 8 aliphatic heterocycles. The summed E-state index contributed by atoms with van der Waals surface area (Å²) in [7, 11) is 0. The molecule has 8 saturated heterocycles. The fourth-order valence-electron chi connectivity index (χ4n) is 19.7. The standard InChI is InChI=1S/C23H26N4O5.C22H24N4O5.C22H22N4O5.C19H20N4O5.C12H16N4O4/c1-13(28)16-17-23(4,32-22(2,3)31-17)21(30-16)27-11-10-15-18(24-12-25-19(15)27)26-20(29)14-8-6-5-7-9-14;2*1-21(2)30-16-15(11-27)29-20(22(16,3)31-21)26-10-9-14-17(23-12-24-18(14)26)25-19(28)13-7-5-4-6-8-13;1-19(27)14(25)13(9-24)28-18(19)23-8-7-12-15(20-10-21-16(12)23)22-17(26)11-5-3-2-4-6-11;1-12(19)8(18)7(4-17)20-11(12)16-3-2-6-9(13)14-5-15-10(6)16/h5-13,16-17,21,28H,1-4H3,(H,24,25,26,29);4-10,12,15-16,20,27H,11H2,1-3H3,(H,23,24,25,28);4-12,15-16,20H,1-3H3,(H,23,24,25,28);2-8,10,13-14,18,24-25,27H,9H2,1H3,(H,20,21,22,26);2-3,5,7-8,11,17-19H,4H2,1H3,(H2,13,14,15)/t13?,16-,17-,21-,23-;2*15-,16-,20-,22-;13-,14-,18-,19-;7-,8-,11-,12-/m11111/s1. The van der Waals surface area contributed by atoms with Crippen molar-refractivity contribution >= 4 is 114 Å². The van der Waals surface area contributed by atoms with Gasteiger partial charge in [-0.05, 0) is 162 Å². The molecule has 44 nitrogen and oxygen atoms in total. The largest absolute Gasteiger partial charge is 0.394 e. The number of aliphatic hydroxyl groups excluding tert-OH is 6. The zero-order valence-electron chi connectivity index (χ0n) is 79.0. The van der Waals surface area contributed by atoms with Gasteiger partial charge in [0.2, 0.25) is 0 Å². The molecule has 0 aliphatic carbocycles. The number of carbonyl (C=O) groups excluding carboxylic acids is 5. The average molecular weight is 1950 g/mol. The first-order valence-corrected chi connectivity index (χ1v) is 45.7. The molecule has 0 spiro atoms. The van der Waals surface area contributed by atoms with E-state index in [0.717, 1.165) is 6.29 Å². The Labute approximate surface area is 810 Å². The van der Waals surface area contributed by atoms with Gasteiger partial charge in [0.25, 0.3) is 23.6 Å². The third-order valence-corrected chi connectivity index (χ3v) is 26.2. The minimum atomic E-state index is -1.64. The molecular weight excluding hydrogens is 1840 g/mol. The molecule has 744 valence electrons. The smallest absolute Gasteiger partial charge is 0.256 e. The lowest BCUT2D eigenvalue weighted by atomic mass is 9.94. The number of benzene rings is 4. The van der Waals surface area contributed by atoms with Crippen LogP contribution in [0.15, 0.2) is 214 Å². The van der Waals surface area contributed by atoms with Crippen LogP contribution in [0.25, 0.3) is 55.2 Å². The van der Waals surface area contributed by atoms with Crippen LogP contribution in [0.2, 0.25) is 0 Å². The molecule has 10 aromatic heterocycles. The first-order valence-electron chi connectivity index (χ1n) is 45.7. The van der Waals surface area contributed by atoms with Crippen molar-refractivity contribution < 1.29 is 117 Å². The van der Waals surface area contributed by atoms with Gasteiger partial charge in [-0.1, -0.05) is 72.8 Å². The molecule has 142 heavy (non-hydrogen) atoms. The van der Waals surface area contributed by atoms with Crippen LogP contribution < -0.4 is 27.0 Å². The maximum Gasteiger partial charge on any atom is 0.256 e. The predicted molar refractivity (Wildman–Crippen MR) is 507 cm³/mol. The number of aldehydes is 1. The molecule has 1 unspecified atom stereocenters. The second kappa shape index (κ2) is 38.4. The summed E-state index contributed by atoms with van der Waals surface area (Å²) in [4.78, 5) is 104. The molecule has 0 saturated carbocycles. The molecule has 0 radical (unpaired) electrons. The van der Waals surface area contributed by atoms with Gasteiger partial charge in [-0.2, -0.15) is 0 Å². The van der Waals surface area contributed by atoms with Gasteiger partial charge in [0.15, 0.2) is 54.8 Å². The van der Waals surface area contributed by atoms with Crippen molar-refractivity contribution in [2.45, 2.75) is 227 Å². The van der Waals surface area contributed by atoms with Gasteiger partial charge in [-0.15, -0.1) is 0 Å². The van der Waals surface area contributed by atoms with E-state index in [0.29, 0.717) is 107 Å². The van der Waals surface area contributed by atoms with E-state index in [9.17, 15) is 64.8 Å². The van der Waals surface area contributed by atoms with E-state index in [-0.39, 0.29) is 36.8 Å². The molecule has 8 fully saturated rings. The Kier molecular flexibility index (Phi) is 26.7. The van der Waals surface area contributed by atoms with Crippen LogP contribution in [-0.4, -0.2) is 276 Å². The van der Waals surface area contributed by atoms with Crippen molar-refractivity contribution in [2.75, 3.05) is 46.8 Å². The number of anilines is 5. The van der Waals surface area contributed by atoms with Gasteiger partial charge in [0.05, 0.1) is 52.9 Å². The number of hydrogen-bond donors (Lipinski definition) is 13. The Morgan fingerprint density at radius 2 is 0.648 bits per heavy atom. The van der Waals surface area contributed by atoms with E-state index in [1.165, 1.54) is 45.5 Å². The number of ether oxygens (including phenoxy) is 11. The van der Waals surface area contributed by atoms with Crippen LogP contribution >= 0.6 is 0 Å². The summed E-state index contributed by atoms with van der Waals surface area (Å²) in [5.41, 5.74) is 4.66. The Hall–Kier alpha value is -13.4. The molecule has 44 heteroatoms. The summed E-state index contributed by atoms with van der Waals surface area (Å²) < 4.78 is 75.0. The van der Waals surface area contributed by atoms with Crippen molar-refractivity contribution in [3.63, 3.8) is 0 Å². The molecule has 14 N–H and O–H groups in total. The number of carbonyl (C=O) groups is 5. The van der Waals surface area contributed by atoms with Crippen molar-refractivity contribution in [1.29, 1.82) is 0 Å². The number of amides is 4. The molecule has 4 aromatic carbocycles. The topological polar surface area (TPSA) is 576 Å². The highest BCUT2D eigenvalue weighted by Crippen LogP contribution is 2.56. The number of aromatic nitrogens is 15. The highest BCUT2D eigenvalue weighted by atomic mass is 16.8. The number of aliphatic hydroxyl groups is 8. The summed E-state index contributed by atoms with van der Waals surface area (Å²) in [6.45, 7) is 20.3. The lowest BCUT2D eigenvalue weighted by Crippen LogP contribution is -2.44. The van der Waals surface area contributed by atoms with Gasteiger partial charge in [-0.25, -0.2) is 49.8 Å². The van der Waals surface area contributed by atoms with Crippen molar-refractivity contribution in [1.82, 2.24) is 72.7 Å². The number of nitrogen functional groups attached to an aromatic ring is 1. The second-order valence-electron chi connectivity index (χ2n) is 37.7. The number of rotatable bonds is 18. The monoisotopic (exact) mass is 1950 g/mol. The van der Waals surface area contributed by atoms with E-state index >= 15 is 0 Å². The summed E-state index contributed by atoms with van der Waals surface area (Å²) in [5, 5.41) is 94.6. The number of fused-ring (bicyclic) bond motifs is 8. The van der Waals surface area contributed by atoms with Crippen LogP contribution in [-0.2, 0) is 56.9 Å². The second-order valence-corrected chi connectivity index (χ2v) is 37.7. The first-order chi connectivity index (χ1) is 67.7. The number of nitrogens with one attached hydrogen (secondary N) is 4. The minimum Gasteiger partial charge on any atom is -0.394 e. The highest BCUT2D eigenvalue weighted by Gasteiger charge is 2.68. The first kappa shape index (κ1) is 98.7. The van der Waals surface area contributed by atoms with Gasteiger partial charge >= 0.3 is 0 Å². The predicted octanol–water partition coefficient (Wildman–Crippen LogP) is 7.75. The van der Waals surface area contributed by atoms with Gasteiger partial charge in [0, 0.05) is 53.2 Å². The summed E-state index contributed by atoms with van der Waals surface area (Å²) >= 11 is 0. The Morgan fingerprint density at radius 3 is 0.972 bits per heavy atom. The maximum absolute atomic E-state index is 12.6. The Bertz CT molecular complexity index is 6990. The molecule has 0 bridgehead atoms. The van der Waals surface area contributed by atoms with Crippen LogP contribution in [0.1, 0.15) is 156 Å². The van der Waals surface area contributed by atoms with Gasteiger partial charge in [-0.3, -0.25) is 19.2 Å². The van der Waals surface area contributed by atoms with Crippen LogP contribution in [0.5, 0.6) is 0 Å². The van der Waals surface area contributed by atoms with Crippen molar-refractivity contribution in [3.8, 4) is 0 Å². The minimum absolute atomic E-state index is 0.192. The fraction of sp³-hybridized carbons (Fsp3) is 0.398. The number of hydrogen-bond acceptors (Lipinski definition) is 35. The van der Waals surface area contributed by atoms with E-state index in [1.807, 2.05) is 120 Å². The van der Waals surface area contributed by atoms with Crippen LogP contribution in [0.4, 0.5) is 29.1 Å². The molecule has 21 atom stereocenters. The van der Waals surface area contributed by atoms with Crippen molar-refractivity contribution in [3.05, 3.63) is 237 Å². The van der Waals surface area contributed by atoms with Crippen molar-refractivity contribution in [2.24, 2.45) is 0 Å². The SMILES string of the molecule is CC(O)[C@H]1O[C@@H](n2ccc3c(NC(=O)c4ccccc4)ncnc32)[C@]2(C)OC(C)(C)O[C@H]12.CC1(C)O[C@@H]2[C@@H](C=O)O[C@@H](n3ccc4c(NC(=O)c5ccccc5)ncnc43)[C@]2(C)O1.CC1(C)O[C@@H]2[C@@H](CO)O[C@@H](n3ccc4c(NC(=O)c5ccccc5)ncnc43)[C@]2(C)O1.C[C@@]1(O)[C@H](O)[C@@H](CO)O[C@H]1n1ccc2c(N)ncnc21.C[C@@]1(O)[C@H](O)[C@@H](CO)O[C@H]1n1ccc2c(NC(=O)c3ccccc3)ncnc21. The number of nitrogens with zero attached hydrogens (tertiary/aromatic N) is 15. The third kappa shape index (κ3) is 18.3. The lowest BCUT2D eigenvalue weighted by Gasteiger charge is -2.30. The van der Waals surface area contributed by atoms with E-state index in [2.05, 4.69) is 71.1 Å². The quantitative estimate of drug-likeness (QED) is 0.0365. The lowest BCUT2D eigenvalue weighted by molar-refractivity contribution is -0.221. The fourth-order valence-corrected chi connectivity index (χ4v) is 19.7. The molecule has 4 amide bonds. The highest BCUT2D eigenvalue weighted by molar-refractivity contribution is 6.10. The molecule has 18 heterocycles. The van der Waals surface area contributed by atoms with Crippen LogP contribution in [0, 0.1) is 0 Å². The normalized spacial score (nSPS) is 29.6. The number of nitrogens with two attached hydrogens (primary N) is 1. The zero-order chi connectivity index (χ0) is 101. The Balaban J connectivity index is 0.000000118. The van der Waals surface area contributed by atoms with Gasteiger partial charge in [0.1, 0.15) is 178 Å². The van der Waals surface area contributed by atoms with E-state index in [1.54, 1.807) is 154 Å². The molecule has 22 rings (SSSR count). The molecular formula is C98H108N20O24. The van der Waals surface area contributed by atoms with E-state index in [4.69, 9.17) is 57.8 Å². The van der Waals surface area contributed by atoms with E-state index < -0.39 is 150 Å². The average Bonchev–Trinajstić information content (AvgIpc) is 1.55. The molecule has 14 aromatic rings. The van der Waals surface area contributed by atoms with Crippen LogP contribution in [0.3, 0.4) is 0 Å². The van der Waals surface area contributed by atoms with Gasteiger partial charge < -0.3 is 148 Å². The summed E-state index contributed by atoms with van der Waals surface area (Å²) in [6, 6.07) is 44.4.